The average Bonchev–Trinajstić information content (AvgIpc) is 3.20. The highest BCUT2D eigenvalue weighted by atomic mass is 19.4. The largest absolute Gasteiger partial charge is 0.405 e. The fourth-order valence-electron chi connectivity index (χ4n) is 3.08. The van der Waals surface area contributed by atoms with E-state index in [0.29, 0.717) is 22.6 Å². The van der Waals surface area contributed by atoms with Gasteiger partial charge in [0.15, 0.2) is 0 Å². The van der Waals surface area contributed by atoms with Crippen molar-refractivity contribution in [2.45, 2.75) is 25.6 Å². The number of nitrogens with two attached hydrogens (primary N) is 1. The van der Waals surface area contributed by atoms with E-state index in [0.717, 1.165) is 10.9 Å². The number of pyridine rings is 1. The molecule has 0 spiro atoms. The molecule has 1 amide bonds. The highest BCUT2D eigenvalue weighted by Gasteiger charge is 2.33. The Morgan fingerprint density at radius 2 is 1.97 bits per heavy atom. The van der Waals surface area contributed by atoms with Crippen LogP contribution in [0.4, 0.5) is 13.2 Å². The summed E-state index contributed by atoms with van der Waals surface area (Å²) in [7, 11) is 0. The van der Waals surface area contributed by atoms with Crippen LogP contribution in [0.15, 0.2) is 71.8 Å². The number of halogens is 3. The Morgan fingerprint density at radius 3 is 2.69 bits per heavy atom. The van der Waals surface area contributed by atoms with Crippen molar-refractivity contribution in [3.63, 3.8) is 0 Å². The highest BCUT2D eigenvalue weighted by molar-refractivity contribution is 6.14. The Bertz CT molecular complexity index is 1170. The molecule has 7 nitrogen and oxygen atoms in total. The molecule has 0 fully saturated rings. The number of nitrogens with one attached hydrogen (secondary N) is 3. The van der Waals surface area contributed by atoms with Gasteiger partial charge in [0, 0.05) is 28.9 Å². The number of aromatic nitrogens is 2. The number of rotatable bonds is 6. The van der Waals surface area contributed by atoms with Crippen LogP contribution in [0, 0.1) is 0 Å². The third kappa shape index (κ3) is 5.26. The molecule has 168 valence electrons. The van der Waals surface area contributed by atoms with Gasteiger partial charge in [0.2, 0.25) is 5.91 Å². The van der Waals surface area contributed by atoms with Crippen LogP contribution in [-0.4, -0.2) is 39.8 Å². The molecular formula is C22H23F3N6O. The predicted molar refractivity (Wildman–Crippen MR) is 118 cm³/mol. The van der Waals surface area contributed by atoms with E-state index in [1.807, 2.05) is 11.4 Å². The first-order valence-corrected chi connectivity index (χ1v) is 9.66. The number of hydrogen-bond acceptors (Lipinski definition) is 5. The van der Waals surface area contributed by atoms with Gasteiger partial charge in [0.25, 0.3) is 0 Å². The number of amides is 1. The summed E-state index contributed by atoms with van der Waals surface area (Å²) in [6.07, 6.45) is 5.82. The Kier molecular flexibility index (Phi) is 6.24. The Hall–Kier alpha value is -3.82. The lowest BCUT2D eigenvalue weighted by Gasteiger charge is -2.28. The number of fused-ring (bicyclic) bond motifs is 1. The Morgan fingerprint density at radius 1 is 1.25 bits per heavy atom. The SMILES string of the molecule is C=C(/N=C1/C=CC=C/C1=C(/N)NC(C)(C)C(=O)NCC(F)(F)F)c1ccnc2[nH]ccc12. The van der Waals surface area contributed by atoms with E-state index in [1.165, 1.54) is 13.8 Å². The lowest BCUT2D eigenvalue weighted by atomic mass is 10.0. The number of carbonyl (C=O) groups excluding carboxylic acids is 1. The minimum absolute atomic E-state index is 0.0887. The molecule has 3 rings (SSSR count). The second-order valence-corrected chi connectivity index (χ2v) is 7.64. The number of hydrogen-bond donors (Lipinski definition) is 4. The summed E-state index contributed by atoms with van der Waals surface area (Å²) in [6, 6.07) is 3.67. The van der Waals surface area contributed by atoms with E-state index < -0.39 is 24.2 Å². The minimum Gasteiger partial charge on any atom is -0.385 e. The normalized spacial score (nSPS) is 17.0. The first kappa shape index (κ1) is 22.9. The van der Waals surface area contributed by atoms with Gasteiger partial charge in [0.1, 0.15) is 23.6 Å². The van der Waals surface area contributed by atoms with Crippen molar-refractivity contribution in [1.29, 1.82) is 0 Å². The van der Waals surface area contributed by atoms with Crippen molar-refractivity contribution in [3.8, 4) is 0 Å². The van der Waals surface area contributed by atoms with Crippen molar-refractivity contribution in [2.75, 3.05) is 6.54 Å². The number of allylic oxidation sites excluding steroid dienone is 5. The van der Waals surface area contributed by atoms with Crippen LogP contribution in [0.25, 0.3) is 16.7 Å². The lowest BCUT2D eigenvalue weighted by Crippen LogP contribution is -2.55. The quantitative estimate of drug-likeness (QED) is 0.548. The van der Waals surface area contributed by atoms with E-state index >= 15 is 0 Å². The summed E-state index contributed by atoms with van der Waals surface area (Å²) in [5.74, 6) is -0.755. The third-order valence-corrected chi connectivity index (χ3v) is 4.68. The summed E-state index contributed by atoms with van der Waals surface area (Å²) >= 11 is 0. The van der Waals surface area contributed by atoms with E-state index in [4.69, 9.17) is 5.73 Å². The molecule has 0 atom stereocenters. The van der Waals surface area contributed by atoms with Gasteiger partial charge in [-0.1, -0.05) is 18.7 Å². The van der Waals surface area contributed by atoms with Crippen LogP contribution in [0.2, 0.25) is 0 Å². The zero-order valence-corrected chi connectivity index (χ0v) is 17.5. The average molecular weight is 444 g/mol. The summed E-state index contributed by atoms with van der Waals surface area (Å²) in [5, 5.41) is 5.52. The van der Waals surface area contributed by atoms with Gasteiger partial charge < -0.3 is 21.4 Å². The third-order valence-electron chi connectivity index (χ3n) is 4.68. The first-order valence-electron chi connectivity index (χ1n) is 9.66. The highest BCUT2D eigenvalue weighted by Crippen LogP contribution is 2.24. The van der Waals surface area contributed by atoms with Gasteiger partial charge in [-0.25, -0.2) is 9.98 Å². The maximum atomic E-state index is 12.4. The maximum Gasteiger partial charge on any atom is 0.405 e. The van der Waals surface area contributed by atoms with Gasteiger partial charge >= 0.3 is 6.18 Å². The molecule has 0 aromatic carbocycles. The number of aromatic amines is 1. The van der Waals surface area contributed by atoms with E-state index in [-0.39, 0.29) is 5.82 Å². The van der Waals surface area contributed by atoms with Crippen molar-refractivity contribution in [1.82, 2.24) is 20.6 Å². The zero-order valence-electron chi connectivity index (χ0n) is 17.5. The van der Waals surface area contributed by atoms with Crippen LogP contribution >= 0.6 is 0 Å². The molecule has 2 heterocycles. The summed E-state index contributed by atoms with van der Waals surface area (Å²) in [5.41, 5.74) is 7.70. The molecule has 1 aliphatic carbocycles. The Labute approximate surface area is 182 Å². The van der Waals surface area contributed by atoms with Crippen LogP contribution in [0.3, 0.4) is 0 Å². The number of carbonyl (C=O) groups is 1. The fourth-order valence-corrected chi connectivity index (χ4v) is 3.08. The first-order chi connectivity index (χ1) is 15.0. The monoisotopic (exact) mass is 444 g/mol. The fraction of sp³-hybridized carbons (Fsp3) is 0.227. The zero-order chi connectivity index (χ0) is 23.5. The predicted octanol–water partition coefficient (Wildman–Crippen LogP) is 3.32. The van der Waals surface area contributed by atoms with Crippen LogP contribution < -0.4 is 16.4 Å². The molecule has 0 saturated carbocycles. The molecule has 2 aromatic rings. The molecule has 0 radical (unpaired) electrons. The molecule has 0 bridgehead atoms. The molecule has 0 saturated heterocycles. The van der Waals surface area contributed by atoms with Crippen LogP contribution in [0.1, 0.15) is 19.4 Å². The molecule has 32 heavy (non-hydrogen) atoms. The van der Waals surface area contributed by atoms with E-state index in [1.54, 1.807) is 42.8 Å². The van der Waals surface area contributed by atoms with Gasteiger partial charge in [-0.05, 0) is 38.1 Å². The molecule has 2 aromatic heterocycles. The molecular weight excluding hydrogens is 421 g/mol. The molecule has 0 unspecified atom stereocenters. The summed E-state index contributed by atoms with van der Waals surface area (Å²) in [6.45, 7) is 5.49. The topological polar surface area (TPSA) is 108 Å². The van der Waals surface area contributed by atoms with Crippen molar-refractivity contribution in [2.24, 2.45) is 10.7 Å². The van der Waals surface area contributed by atoms with E-state index in [9.17, 15) is 18.0 Å². The number of aliphatic imine (C=N–C) groups is 1. The van der Waals surface area contributed by atoms with Gasteiger partial charge in [-0.15, -0.1) is 0 Å². The van der Waals surface area contributed by atoms with Crippen LogP contribution in [0.5, 0.6) is 0 Å². The molecule has 0 aliphatic heterocycles. The minimum atomic E-state index is -4.51. The maximum absolute atomic E-state index is 12.4. The van der Waals surface area contributed by atoms with Crippen LogP contribution in [-0.2, 0) is 4.79 Å². The lowest BCUT2D eigenvalue weighted by molar-refractivity contribution is -0.141. The molecule has 10 heteroatoms. The molecule has 5 N–H and O–H groups in total. The number of alkyl halides is 3. The Balaban J connectivity index is 1.86. The van der Waals surface area contributed by atoms with Gasteiger partial charge in [-0.3, -0.25) is 4.79 Å². The van der Waals surface area contributed by atoms with Crippen molar-refractivity contribution in [3.05, 3.63) is 72.4 Å². The van der Waals surface area contributed by atoms with E-state index in [2.05, 4.69) is 26.9 Å². The molecule has 1 aliphatic rings. The van der Waals surface area contributed by atoms with Gasteiger partial charge in [0.05, 0.1) is 11.4 Å². The standard InChI is InChI=1S/C22H23F3N6O/c1-13(14-8-10-27-19-15(14)9-11-28-19)30-17-7-5-4-6-16(17)18(26)31-21(2,3)20(32)29-12-22(23,24)25/h4-11,31H,1,12,26H2,2-3H3,(H,27,28)(H,29,32)/b18-16+,30-17-. The van der Waals surface area contributed by atoms with Gasteiger partial charge in [-0.2, -0.15) is 13.2 Å². The second-order valence-electron chi connectivity index (χ2n) is 7.64. The number of nitrogens with zero attached hydrogens (tertiary/aromatic N) is 2. The second kappa shape index (κ2) is 8.74. The summed E-state index contributed by atoms with van der Waals surface area (Å²) in [4.78, 5) is 24.1. The van der Waals surface area contributed by atoms with Crippen molar-refractivity contribution < 1.29 is 18.0 Å². The number of H-pyrrole nitrogens is 1. The summed E-state index contributed by atoms with van der Waals surface area (Å²) < 4.78 is 37.3. The smallest absolute Gasteiger partial charge is 0.385 e. The van der Waals surface area contributed by atoms with Crippen molar-refractivity contribution >= 4 is 28.3 Å².